The number of urea groups is 1. The molecule has 2 aliphatic heterocycles. The number of hydrogen-bond acceptors (Lipinski definition) is 3. The molecular weight excluding hydrogens is 310 g/mol. The standard InChI is InChI=1S/C17H17N3O4/c1-9(14(21)22)20-15(23)17(2)13-11(7-8-19(17)16(20)24)10-5-3-4-6-12(10)18-13/h3-6,9,18H,7-8H2,1-2H3,(H,21,22)/t9-,17-/m0/s1. The molecule has 24 heavy (non-hydrogen) atoms. The molecule has 2 aromatic rings. The first-order valence-electron chi connectivity index (χ1n) is 7.85. The number of aromatic nitrogens is 1. The van der Waals surface area contributed by atoms with Gasteiger partial charge >= 0.3 is 12.0 Å². The van der Waals surface area contributed by atoms with E-state index in [0.29, 0.717) is 18.7 Å². The molecule has 0 radical (unpaired) electrons. The van der Waals surface area contributed by atoms with E-state index < -0.39 is 29.5 Å². The number of rotatable bonds is 2. The molecule has 1 aromatic heterocycles. The highest BCUT2D eigenvalue weighted by atomic mass is 16.4. The summed E-state index contributed by atoms with van der Waals surface area (Å²) in [5.41, 5.74) is 1.44. The van der Waals surface area contributed by atoms with Crippen LogP contribution in [0, 0.1) is 0 Å². The molecule has 2 N–H and O–H groups in total. The Balaban J connectivity index is 1.91. The Morgan fingerprint density at radius 3 is 2.75 bits per heavy atom. The number of H-pyrrole nitrogens is 1. The average molecular weight is 327 g/mol. The Kier molecular flexibility index (Phi) is 2.82. The zero-order valence-electron chi connectivity index (χ0n) is 13.4. The van der Waals surface area contributed by atoms with Crippen LogP contribution in [0.4, 0.5) is 4.79 Å². The van der Waals surface area contributed by atoms with E-state index in [4.69, 9.17) is 0 Å². The number of imide groups is 1. The summed E-state index contributed by atoms with van der Waals surface area (Å²) in [6.45, 7) is 3.43. The lowest BCUT2D eigenvalue weighted by atomic mass is 9.87. The second-order valence-corrected chi connectivity index (χ2v) is 6.47. The first-order chi connectivity index (χ1) is 11.4. The van der Waals surface area contributed by atoms with Gasteiger partial charge in [0.25, 0.3) is 5.91 Å². The van der Waals surface area contributed by atoms with Crippen LogP contribution in [0.1, 0.15) is 25.1 Å². The predicted octanol–water partition coefficient (Wildman–Crippen LogP) is 1.68. The maximum Gasteiger partial charge on any atom is 0.328 e. The molecule has 3 heterocycles. The van der Waals surface area contributed by atoms with Crippen molar-refractivity contribution in [1.29, 1.82) is 0 Å². The van der Waals surface area contributed by atoms with E-state index in [2.05, 4.69) is 4.98 Å². The summed E-state index contributed by atoms with van der Waals surface area (Å²) in [6, 6.07) is 6.03. The van der Waals surface area contributed by atoms with Crippen LogP contribution in [-0.4, -0.2) is 50.4 Å². The second kappa shape index (κ2) is 4.59. The van der Waals surface area contributed by atoms with Crippen LogP contribution in [0.15, 0.2) is 24.3 Å². The van der Waals surface area contributed by atoms with Gasteiger partial charge in [0.15, 0.2) is 5.54 Å². The molecule has 0 aliphatic carbocycles. The van der Waals surface area contributed by atoms with E-state index in [1.807, 2.05) is 24.3 Å². The van der Waals surface area contributed by atoms with E-state index in [0.717, 1.165) is 21.4 Å². The smallest absolute Gasteiger partial charge is 0.328 e. The monoisotopic (exact) mass is 327 g/mol. The summed E-state index contributed by atoms with van der Waals surface area (Å²) in [5.74, 6) is -1.69. The summed E-state index contributed by atoms with van der Waals surface area (Å²) in [6.07, 6.45) is 0.628. The number of aliphatic carboxylic acids is 1. The molecule has 4 rings (SSSR count). The highest BCUT2D eigenvalue weighted by Gasteiger charge is 2.60. The number of hydrogen-bond donors (Lipinski definition) is 2. The van der Waals surface area contributed by atoms with Crippen LogP contribution in [-0.2, 0) is 21.5 Å². The number of carboxylic acid groups (broad SMARTS) is 1. The molecule has 2 aliphatic rings. The van der Waals surface area contributed by atoms with Crippen LogP contribution in [0.25, 0.3) is 10.9 Å². The van der Waals surface area contributed by atoms with Crippen molar-refractivity contribution in [3.63, 3.8) is 0 Å². The summed E-state index contributed by atoms with van der Waals surface area (Å²) in [4.78, 5) is 42.6. The van der Waals surface area contributed by atoms with Crippen molar-refractivity contribution in [3.05, 3.63) is 35.5 Å². The third-order valence-corrected chi connectivity index (χ3v) is 5.24. The number of amides is 3. The zero-order chi connectivity index (χ0) is 17.2. The number of benzene rings is 1. The van der Waals surface area contributed by atoms with Crippen LogP contribution >= 0.6 is 0 Å². The van der Waals surface area contributed by atoms with Crippen LogP contribution < -0.4 is 0 Å². The lowest BCUT2D eigenvalue weighted by Crippen LogP contribution is -2.49. The predicted molar refractivity (Wildman–Crippen MR) is 85.4 cm³/mol. The lowest BCUT2D eigenvalue weighted by molar-refractivity contribution is -0.147. The van der Waals surface area contributed by atoms with Gasteiger partial charge in [0.2, 0.25) is 0 Å². The van der Waals surface area contributed by atoms with E-state index >= 15 is 0 Å². The molecule has 0 unspecified atom stereocenters. The molecule has 0 saturated carbocycles. The number of fused-ring (bicyclic) bond motifs is 5. The fourth-order valence-electron chi connectivity index (χ4n) is 3.87. The quantitative estimate of drug-likeness (QED) is 0.821. The van der Waals surface area contributed by atoms with Gasteiger partial charge in [-0.15, -0.1) is 0 Å². The van der Waals surface area contributed by atoms with Crippen LogP contribution in [0.5, 0.6) is 0 Å². The third kappa shape index (κ3) is 1.59. The Morgan fingerprint density at radius 1 is 1.33 bits per heavy atom. The van der Waals surface area contributed by atoms with E-state index in [-0.39, 0.29) is 0 Å². The molecular formula is C17H17N3O4. The number of carboxylic acids is 1. The zero-order valence-corrected chi connectivity index (χ0v) is 13.4. The Hall–Kier alpha value is -2.83. The number of carbonyl (C=O) groups is 3. The number of aromatic amines is 1. The molecule has 0 bridgehead atoms. The molecule has 3 amide bonds. The molecule has 124 valence electrons. The van der Waals surface area contributed by atoms with Crippen molar-refractivity contribution in [1.82, 2.24) is 14.8 Å². The van der Waals surface area contributed by atoms with E-state index in [9.17, 15) is 19.5 Å². The maximum absolute atomic E-state index is 13.0. The van der Waals surface area contributed by atoms with Gasteiger partial charge in [0.1, 0.15) is 6.04 Å². The van der Waals surface area contributed by atoms with Crippen molar-refractivity contribution in [2.45, 2.75) is 31.8 Å². The van der Waals surface area contributed by atoms with Gasteiger partial charge in [-0.3, -0.25) is 4.79 Å². The highest BCUT2D eigenvalue weighted by Crippen LogP contribution is 2.44. The van der Waals surface area contributed by atoms with Gasteiger partial charge in [0.05, 0.1) is 5.69 Å². The third-order valence-electron chi connectivity index (χ3n) is 5.24. The van der Waals surface area contributed by atoms with Crippen molar-refractivity contribution in [2.75, 3.05) is 6.54 Å². The molecule has 7 heteroatoms. The SMILES string of the molecule is C[C@@H](C(=O)O)N1C(=O)N2CCc3c([nH]c4ccccc34)[C@@]2(C)C1=O. The summed E-state index contributed by atoms with van der Waals surface area (Å²) in [7, 11) is 0. The van der Waals surface area contributed by atoms with E-state index in [1.54, 1.807) is 6.92 Å². The largest absolute Gasteiger partial charge is 0.480 e. The Morgan fingerprint density at radius 2 is 2.04 bits per heavy atom. The molecule has 1 saturated heterocycles. The molecule has 1 fully saturated rings. The van der Waals surface area contributed by atoms with Gasteiger partial charge in [-0.2, -0.15) is 0 Å². The van der Waals surface area contributed by atoms with Crippen LogP contribution in [0.3, 0.4) is 0 Å². The average Bonchev–Trinajstić information content (AvgIpc) is 3.02. The molecule has 7 nitrogen and oxygen atoms in total. The number of carbonyl (C=O) groups excluding carboxylic acids is 2. The molecule has 2 atom stereocenters. The van der Waals surface area contributed by atoms with Gasteiger partial charge in [-0.25, -0.2) is 14.5 Å². The van der Waals surface area contributed by atoms with Gasteiger partial charge in [0, 0.05) is 17.4 Å². The Labute approximate surface area is 137 Å². The van der Waals surface area contributed by atoms with Gasteiger partial charge in [-0.1, -0.05) is 18.2 Å². The highest BCUT2D eigenvalue weighted by molar-refractivity contribution is 6.10. The van der Waals surface area contributed by atoms with Crippen molar-refractivity contribution in [3.8, 4) is 0 Å². The van der Waals surface area contributed by atoms with Gasteiger partial charge in [-0.05, 0) is 31.9 Å². The molecule has 1 aromatic carbocycles. The fraction of sp³-hybridized carbons (Fsp3) is 0.353. The minimum atomic E-state index is -1.20. The minimum Gasteiger partial charge on any atom is -0.480 e. The normalized spacial score (nSPS) is 24.2. The summed E-state index contributed by atoms with van der Waals surface area (Å²) in [5, 5.41) is 10.3. The Bertz CT molecular complexity index is 902. The van der Waals surface area contributed by atoms with Crippen molar-refractivity contribution >= 4 is 28.8 Å². The van der Waals surface area contributed by atoms with Crippen molar-refractivity contribution in [2.24, 2.45) is 0 Å². The fourth-order valence-corrected chi connectivity index (χ4v) is 3.87. The second-order valence-electron chi connectivity index (χ2n) is 6.47. The number of nitrogens with one attached hydrogen (secondary N) is 1. The summed E-state index contributed by atoms with van der Waals surface area (Å²) >= 11 is 0. The van der Waals surface area contributed by atoms with Crippen molar-refractivity contribution < 1.29 is 19.5 Å². The summed E-state index contributed by atoms with van der Waals surface area (Å²) < 4.78 is 0. The maximum atomic E-state index is 13.0. The first-order valence-corrected chi connectivity index (χ1v) is 7.85. The van der Waals surface area contributed by atoms with E-state index in [1.165, 1.54) is 11.8 Å². The lowest BCUT2D eigenvalue weighted by Gasteiger charge is -2.36. The number of para-hydroxylation sites is 1. The molecule has 0 spiro atoms. The van der Waals surface area contributed by atoms with Crippen LogP contribution in [0.2, 0.25) is 0 Å². The first kappa shape index (κ1) is 14.7. The van der Waals surface area contributed by atoms with Gasteiger partial charge < -0.3 is 15.0 Å². The number of nitrogens with zero attached hydrogens (tertiary/aromatic N) is 2. The minimum absolute atomic E-state index is 0.388. The topological polar surface area (TPSA) is 93.7 Å².